The summed E-state index contributed by atoms with van der Waals surface area (Å²) in [5.74, 6) is -5.39. The first-order valence-corrected chi connectivity index (χ1v) is 21.2. The van der Waals surface area contributed by atoms with E-state index in [0.29, 0.717) is 32.2 Å². The van der Waals surface area contributed by atoms with Crippen LogP contribution >= 0.6 is 0 Å². The number of hydrogen-bond donors (Lipinski definition) is 3. The van der Waals surface area contributed by atoms with Crippen molar-refractivity contribution in [2.45, 2.75) is 179 Å². The quantitative estimate of drug-likeness (QED) is 0.262. The number of aliphatic carboxylic acids is 1. The third-order valence-corrected chi connectivity index (χ3v) is 14.4. The Labute approximate surface area is 367 Å². The fraction of sp³-hybridized carbons (Fsp3) is 0.818. The number of aliphatic hydroxyl groups is 2. The molecule has 1 aromatic rings. The molecule has 3 N–H and O–H groups in total. The van der Waals surface area contributed by atoms with Gasteiger partial charge in [0.1, 0.15) is 6.61 Å². The normalized spacial score (nSPS) is 43.0. The van der Waals surface area contributed by atoms with Gasteiger partial charge in [0.15, 0.2) is 5.79 Å². The molecule has 0 aliphatic carbocycles. The van der Waals surface area contributed by atoms with Gasteiger partial charge < -0.3 is 58.6 Å². The summed E-state index contributed by atoms with van der Waals surface area (Å²) in [4.78, 5) is 24.4. The topological polar surface area (TPSA) is 174 Å². The Hall–Kier alpha value is -1.36. The van der Waals surface area contributed by atoms with E-state index in [1.165, 1.54) is 7.11 Å². The molecular weight excluding hydrogens is 757 g/mol. The van der Waals surface area contributed by atoms with Crippen molar-refractivity contribution in [2.75, 3.05) is 13.7 Å². The van der Waals surface area contributed by atoms with Gasteiger partial charge in [-0.15, -0.1) is 0 Å². The molecule has 5 fully saturated rings. The van der Waals surface area contributed by atoms with Gasteiger partial charge in [-0.05, 0) is 70.3 Å². The predicted octanol–water partition coefficient (Wildman–Crippen LogP) is 1.79. The van der Waals surface area contributed by atoms with Gasteiger partial charge in [0.05, 0.1) is 53.9 Å². The van der Waals surface area contributed by atoms with Crippen LogP contribution in [0.4, 0.5) is 4.79 Å². The molecule has 5 heterocycles. The summed E-state index contributed by atoms with van der Waals surface area (Å²) in [6, 6.07) is 7.87. The third-order valence-electron chi connectivity index (χ3n) is 14.4. The van der Waals surface area contributed by atoms with Crippen LogP contribution in [0.25, 0.3) is 0 Å². The van der Waals surface area contributed by atoms with Gasteiger partial charge in [-0.3, -0.25) is 0 Å². The van der Waals surface area contributed by atoms with E-state index < -0.39 is 65.2 Å². The summed E-state index contributed by atoms with van der Waals surface area (Å²) in [6.07, 6.45) is 0.798. The number of alkyl carbamates (subject to hydrolysis) is 1. The zero-order valence-electron chi connectivity index (χ0n) is 36.7. The zero-order chi connectivity index (χ0) is 41.7. The number of carbonyl (C=O) groups is 2. The fourth-order valence-corrected chi connectivity index (χ4v) is 10.7. The molecule has 1 unspecified atom stereocenters. The van der Waals surface area contributed by atoms with Gasteiger partial charge in [0.2, 0.25) is 5.79 Å². The molecule has 1 aromatic carbocycles. The molecule has 1 spiro atoms. The van der Waals surface area contributed by atoms with Gasteiger partial charge in [-0.25, -0.2) is 4.79 Å². The van der Waals surface area contributed by atoms with Gasteiger partial charge in [-0.1, -0.05) is 71.4 Å². The second kappa shape index (κ2) is 18.5. The SMILES string of the molecule is CO[C@@H](C(C)C(=O)[O-])[C@H](C)[C@H]1O[C@@]2(CC[C@@](C)([C@H]3CC[C@@](C)([C@@H]4O[C@@H]([C@H]5O[C@@](O)(COC(=O)NCc6ccc(C)cc6)[C@H](C)C[C@@H]5C)C[C@@H]4C)O3)O2)C[C@H](O)[C@H]1C.[Na+]. The smallest absolute Gasteiger partial charge is 0.550 e. The Balaban J connectivity index is 0.00000641. The molecule has 58 heavy (non-hydrogen) atoms. The molecule has 5 aliphatic rings. The molecule has 0 saturated carbocycles. The third kappa shape index (κ3) is 9.80. The van der Waals surface area contributed by atoms with Crippen molar-refractivity contribution < 1.29 is 87.6 Å². The molecule has 322 valence electrons. The van der Waals surface area contributed by atoms with Crippen molar-refractivity contribution in [1.29, 1.82) is 0 Å². The number of carboxylic acids is 1. The van der Waals surface area contributed by atoms with Crippen LogP contribution in [0.5, 0.6) is 0 Å². The second-order valence-electron chi connectivity index (χ2n) is 18.9. The van der Waals surface area contributed by atoms with Crippen LogP contribution < -0.4 is 40.0 Å². The van der Waals surface area contributed by atoms with E-state index in [-0.39, 0.29) is 84.1 Å². The van der Waals surface area contributed by atoms with Crippen molar-refractivity contribution in [3.05, 3.63) is 35.4 Å². The van der Waals surface area contributed by atoms with Crippen molar-refractivity contribution in [1.82, 2.24) is 5.32 Å². The summed E-state index contributed by atoms with van der Waals surface area (Å²) in [5, 5.41) is 37.6. The van der Waals surface area contributed by atoms with E-state index in [1.54, 1.807) is 6.92 Å². The molecule has 0 bridgehead atoms. The minimum absolute atomic E-state index is 0. The molecule has 0 aromatic heterocycles. The fourth-order valence-electron chi connectivity index (χ4n) is 10.7. The average molecular weight is 826 g/mol. The molecule has 1 amide bonds. The van der Waals surface area contributed by atoms with Crippen molar-refractivity contribution >= 4 is 12.1 Å². The van der Waals surface area contributed by atoms with Gasteiger partial charge in [0.25, 0.3) is 0 Å². The molecular formula is C44H68NNaO12. The number of carbonyl (C=O) groups excluding carboxylic acids is 2. The predicted molar refractivity (Wildman–Crippen MR) is 207 cm³/mol. The number of ether oxygens (including phenoxy) is 7. The van der Waals surface area contributed by atoms with Crippen molar-refractivity contribution in [2.24, 2.45) is 35.5 Å². The number of aliphatic hydroxyl groups excluding tert-OH is 1. The number of carboxylic acid groups (broad SMARTS) is 1. The maximum Gasteiger partial charge on any atom is 1.00 e. The molecule has 5 aliphatic heterocycles. The Kier molecular flexibility index (Phi) is 15.2. The summed E-state index contributed by atoms with van der Waals surface area (Å²) in [7, 11) is 1.49. The maximum absolute atomic E-state index is 12.6. The summed E-state index contributed by atoms with van der Waals surface area (Å²) in [5.41, 5.74) is 0.793. The van der Waals surface area contributed by atoms with Crippen LogP contribution in [0.2, 0.25) is 0 Å². The van der Waals surface area contributed by atoms with Gasteiger partial charge >= 0.3 is 35.7 Å². The summed E-state index contributed by atoms with van der Waals surface area (Å²) < 4.78 is 45.2. The van der Waals surface area contributed by atoms with Crippen LogP contribution in [0.15, 0.2) is 24.3 Å². The number of aryl methyl sites for hydroxylation is 1. The Morgan fingerprint density at radius 2 is 1.67 bits per heavy atom. The van der Waals surface area contributed by atoms with E-state index >= 15 is 0 Å². The van der Waals surface area contributed by atoms with E-state index in [1.807, 2.05) is 52.0 Å². The summed E-state index contributed by atoms with van der Waals surface area (Å²) >= 11 is 0. The van der Waals surface area contributed by atoms with Gasteiger partial charge in [0, 0.05) is 56.1 Å². The largest absolute Gasteiger partial charge is 1.00 e. The summed E-state index contributed by atoms with van der Waals surface area (Å²) in [6.45, 7) is 17.8. The van der Waals surface area contributed by atoms with Crippen LogP contribution in [0.3, 0.4) is 0 Å². The zero-order valence-corrected chi connectivity index (χ0v) is 38.7. The van der Waals surface area contributed by atoms with E-state index in [2.05, 4.69) is 33.0 Å². The number of methoxy groups -OCH3 is 1. The van der Waals surface area contributed by atoms with Crippen LogP contribution in [-0.2, 0) is 44.5 Å². The molecule has 6 rings (SSSR count). The van der Waals surface area contributed by atoms with Crippen molar-refractivity contribution in [3.8, 4) is 0 Å². The van der Waals surface area contributed by atoms with E-state index in [4.69, 9.17) is 33.2 Å². The minimum atomic E-state index is -1.66. The van der Waals surface area contributed by atoms with E-state index in [9.17, 15) is 24.9 Å². The number of benzene rings is 1. The first kappa shape index (κ1) is 47.7. The standard InChI is InChI=1S/C44H69NO12.Na/c1-24-11-13-31(14-12-24)22-45-40(49)52-23-44(50)27(4)19-25(2)35(56-44)33-20-26(3)38(53-33)42(9)16-15-34(54-42)41(8)17-18-43(57-41)21-32(46)28(5)37(55-43)29(6)36(51-10)30(7)39(47)48;/h11-14,25-30,32-38,46,50H,15-23H2,1-10H3,(H,45,49)(H,47,48);/q;+1/p-1/t25-,26-,27+,28+,29-,30?,32-,33+,34+,35-,36+,37-,38+,41-,42-,43+,44-;/m0./s1. The number of hydrogen-bond acceptors (Lipinski definition) is 12. The van der Waals surface area contributed by atoms with E-state index in [0.717, 1.165) is 30.4 Å². The Morgan fingerprint density at radius 1 is 0.983 bits per heavy atom. The maximum atomic E-state index is 12.6. The average Bonchev–Trinajstić information content (AvgIpc) is 3.86. The molecule has 0 radical (unpaired) electrons. The molecule has 14 heteroatoms. The first-order chi connectivity index (χ1) is 26.7. The molecule has 17 atom stereocenters. The molecule has 5 saturated heterocycles. The van der Waals surface area contributed by atoms with Crippen LogP contribution in [-0.4, -0.2) is 101 Å². The minimum Gasteiger partial charge on any atom is -0.550 e. The van der Waals surface area contributed by atoms with Crippen LogP contribution in [0, 0.1) is 42.4 Å². The Morgan fingerprint density at radius 3 is 2.33 bits per heavy atom. The number of rotatable bonds is 12. The molecule has 13 nitrogen and oxygen atoms in total. The van der Waals surface area contributed by atoms with Gasteiger partial charge in [-0.2, -0.15) is 0 Å². The number of amides is 1. The monoisotopic (exact) mass is 825 g/mol. The first-order valence-electron chi connectivity index (χ1n) is 21.2. The second-order valence-corrected chi connectivity index (χ2v) is 18.9. The van der Waals surface area contributed by atoms with Crippen LogP contribution in [0.1, 0.15) is 111 Å². The van der Waals surface area contributed by atoms with Crippen molar-refractivity contribution in [3.63, 3.8) is 0 Å². The Bertz CT molecular complexity index is 1570. The number of nitrogens with one attached hydrogen (secondary N) is 1.